The highest BCUT2D eigenvalue weighted by atomic mass is 16.3. The van der Waals surface area contributed by atoms with Gasteiger partial charge in [0.2, 0.25) is 5.91 Å². The average Bonchev–Trinajstić information content (AvgIpc) is 2.32. The normalized spacial score (nSPS) is 14.1. The molecule has 5 nitrogen and oxygen atoms in total. The van der Waals surface area contributed by atoms with Gasteiger partial charge >= 0.3 is 0 Å². The van der Waals surface area contributed by atoms with Crippen LogP contribution in [0.4, 0.5) is 5.69 Å². The molecule has 1 aromatic rings. The molecule has 17 heavy (non-hydrogen) atoms. The highest BCUT2D eigenvalue weighted by molar-refractivity contribution is 5.78. The third kappa shape index (κ3) is 4.03. The van der Waals surface area contributed by atoms with Crippen LogP contribution >= 0.6 is 0 Å². The first-order valence-corrected chi connectivity index (χ1v) is 5.61. The van der Waals surface area contributed by atoms with Crippen molar-refractivity contribution in [2.24, 2.45) is 0 Å². The predicted molar refractivity (Wildman–Crippen MR) is 66.3 cm³/mol. The summed E-state index contributed by atoms with van der Waals surface area (Å²) in [6.45, 7) is 3.64. The van der Waals surface area contributed by atoms with Crippen LogP contribution in [-0.4, -0.2) is 28.1 Å². The highest BCUT2D eigenvalue weighted by Crippen LogP contribution is 2.08. The predicted octanol–water partition coefficient (Wildman–Crippen LogP) is 0.483. The van der Waals surface area contributed by atoms with Gasteiger partial charge < -0.3 is 16.2 Å². The number of aliphatic hydroxyl groups excluding tert-OH is 1. The number of nitrogens with two attached hydrogens (primary N) is 1. The molecule has 1 heterocycles. The molecular formula is C12H19N3O2. The van der Waals surface area contributed by atoms with Crippen molar-refractivity contribution in [2.75, 3.05) is 12.3 Å². The molecule has 0 bridgehead atoms. The van der Waals surface area contributed by atoms with Crippen molar-refractivity contribution in [1.82, 2.24) is 10.3 Å². The summed E-state index contributed by atoms with van der Waals surface area (Å²) in [4.78, 5) is 15.8. The Kier molecular flexibility index (Phi) is 4.45. The minimum absolute atomic E-state index is 0.0790. The molecule has 0 aliphatic heterocycles. The molecule has 5 heteroatoms. The number of rotatable bonds is 5. The quantitative estimate of drug-likeness (QED) is 0.695. The van der Waals surface area contributed by atoms with Gasteiger partial charge in [-0.3, -0.25) is 9.78 Å². The fourth-order valence-electron chi connectivity index (χ4n) is 1.33. The van der Waals surface area contributed by atoms with Crippen LogP contribution in [-0.2, 0) is 11.2 Å². The van der Waals surface area contributed by atoms with E-state index >= 15 is 0 Å². The summed E-state index contributed by atoms with van der Waals surface area (Å²) < 4.78 is 0. The number of hydrogen-bond acceptors (Lipinski definition) is 4. The fraction of sp³-hybridized carbons (Fsp3) is 0.500. The largest absolute Gasteiger partial charge is 0.397 e. The van der Waals surface area contributed by atoms with Crippen LogP contribution in [0.3, 0.4) is 0 Å². The second-order valence-corrected chi connectivity index (χ2v) is 4.38. The molecule has 0 aromatic carbocycles. The molecule has 94 valence electrons. The number of hydrogen-bond donors (Lipinski definition) is 3. The van der Waals surface area contributed by atoms with Gasteiger partial charge in [-0.15, -0.1) is 0 Å². The van der Waals surface area contributed by atoms with E-state index in [-0.39, 0.29) is 18.9 Å². The Labute approximate surface area is 101 Å². The molecule has 0 spiro atoms. The van der Waals surface area contributed by atoms with Crippen LogP contribution in [0, 0.1) is 0 Å². The van der Waals surface area contributed by atoms with E-state index in [0.29, 0.717) is 17.8 Å². The summed E-state index contributed by atoms with van der Waals surface area (Å²) >= 11 is 0. The van der Waals surface area contributed by atoms with E-state index in [1.807, 2.05) is 6.92 Å². The lowest BCUT2D eigenvalue weighted by atomic mass is 10.00. The van der Waals surface area contributed by atoms with E-state index in [4.69, 9.17) is 5.73 Å². The Morgan fingerprint density at radius 3 is 2.76 bits per heavy atom. The molecule has 4 N–H and O–H groups in total. The van der Waals surface area contributed by atoms with Crippen LogP contribution in [0.2, 0.25) is 0 Å². The number of carbonyl (C=O) groups is 1. The molecule has 0 saturated heterocycles. The first kappa shape index (κ1) is 13.4. The van der Waals surface area contributed by atoms with Crippen molar-refractivity contribution in [2.45, 2.75) is 32.2 Å². The zero-order chi connectivity index (χ0) is 12.9. The van der Waals surface area contributed by atoms with Gasteiger partial charge in [0, 0.05) is 5.69 Å². The number of nitrogens with one attached hydrogen (secondary N) is 1. The Balaban J connectivity index is 2.58. The molecule has 0 saturated carbocycles. The molecule has 0 fully saturated rings. The maximum absolute atomic E-state index is 11.7. The molecule has 1 unspecified atom stereocenters. The van der Waals surface area contributed by atoms with E-state index in [1.54, 1.807) is 19.1 Å². The molecular weight excluding hydrogens is 218 g/mol. The van der Waals surface area contributed by atoms with Crippen LogP contribution < -0.4 is 11.1 Å². The van der Waals surface area contributed by atoms with E-state index in [1.165, 1.54) is 6.20 Å². The summed E-state index contributed by atoms with van der Waals surface area (Å²) in [6.07, 6.45) is 2.38. The van der Waals surface area contributed by atoms with Crippen molar-refractivity contribution in [3.8, 4) is 0 Å². The summed E-state index contributed by atoms with van der Waals surface area (Å²) in [7, 11) is 0. The average molecular weight is 237 g/mol. The second-order valence-electron chi connectivity index (χ2n) is 4.38. The van der Waals surface area contributed by atoms with Gasteiger partial charge in [-0.2, -0.15) is 0 Å². The lowest BCUT2D eigenvalue weighted by Gasteiger charge is -2.27. The minimum atomic E-state index is -0.565. The first-order chi connectivity index (χ1) is 7.99. The van der Waals surface area contributed by atoms with Crippen molar-refractivity contribution in [1.29, 1.82) is 0 Å². The van der Waals surface area contributed by atoms with Gasteiger partial charge in [0.15, 0.2) is 0 Å². The molecule has 0 aliphatic rings. The van der Waals surface area contributed by atoms with Crippen LogP contribution in [0.1, 0.15) is 26.0 Å². The fourth-order valence-corrected chi connectivity index (χ4v) is 1.33. The number of nitrogens with zero attached hydrogens (tertiary/aromatic N) is 1. The summed E-state index contributed by atoms with van der Waals surface area (Å²) in [5.74, 6) is -0.152. The maximum Gasteiger partial charge on any atom is 0.226 e. The van der Waals surface area contributed by atoms with E-state index in [2.05, 4.69) is 10.3 Å². The molecule has 1 rings (SSSR count). The number of carbonyl (C=O) groups excluding carboxylic acids is 1. The van der Waals surface area contributed by atoms with Gasteiger partial charge in [-0.25, -0.2) is 0 Å². The third-order valence-electron chi connectivity index (χ3n) is 2.76. The topological polar surface area (TPSA) is 88.2 Å². The number of anilines is 1. The number of aromatic nitrogens is 1. The molecule has 1 amide bonds. The van der Waals surface area contributed by atoms with Crippen LogP contribution in [0.15, 0.2) is 18.3 Å². The molecule has 1 atom stereocenters. The van der Waals surface area contributed by atoms with Gasteiger partial charge in [-0.05, 0) is 25.5 Å². The zero-order valence-electron chi connectivity index (χ0n) is 10.2. The lowest BCUT2D eigenvalue weighted by Crippen LogP contribution is -2.49. The summed E-state index contributed by atoms with van der Waals surface area (Å²) in [5.41, 5.74) is 6.17. The number of pyridine rings is 1. The maximum atomic E-state index is 11.7. The lowest BCUT2D eigenvalue weighted by molar-refractivity contribution is -0.122. The first-order valence-electron chi connectivity index (χ1n) is 5.61. The monoisotopic (exact) mass is 237 g/mol. The Hall–Kier alpha value is -1.62. The molecule has 0 aliphatic carbocycles. The van der Waals surface area contributed by atoms with Crippen molar-refractivity contribution in [3.63, 3.8) is 0 Å². The summed E-state index contributed by atoms with van der Waals surface area (Å²) in [6, 6.07) is 3.43. The van der Waals surface area contributed by atoms with Gasteiger partial charge in [0.05, 0.1) is 30.5 Å². The highest BCUT2D eigenvalue weighted by Gasteiger charge is 2.23. The number of amides is 1. The molecule has 0 radical (unpaired) electrons. The molecule has 1 aromatic heterocycles. The smallest absolute Gasteiger partial charge is 0.226 e. The van der Waals surface area contributed by atoms with Crippen molar-refractivity contribution in [3.05, 3.63) is 24.0 Å². The van der Waals surface area contributed by atoms with Gasteiger partial charge in [0.1, 0.15) is 0 Å². The standard InChI is InChI=1S/C12H19N3O2/c1-3-12(2,8-16)15-11(17)6-10-5-4-9(13)7-14-10/h4-5,7,16H,3,6,8,13H2,1-2H3,(H,15,17). The van der Waals surface area contributed by atoms with Crippen molar-refractivity contribution < 1.29 is 9.90 Å². The van der Waals surface area contributed by atoms with Gasteiger partial charge in [0.25, 0.3) is 0 Å². The summed E-state index contributed by atoms with van der Waals surface area (Å²) in [5, 5.41) is 12.0. The van der Waals surface area contributed by atoms with E-state index in [0.717, 1.165) is 0 Å². The minimum Gasteiger partial charge on any atom is -0.397 e. The zero-order valence-corrected chi connectivity index (χ0v) is 10.2. The Morgan fingerprint density at radius 1 is 1.59 bits per heavy atom. The van der Waals surface area contributed by atoms with Gasteiger partial charge in [-0.1, -0.05) is 6.92 Å². The Bertz CT molecular complexity index is 372. The van der Waals surface area contributed by atoms with Crippen molar-refractivity contribution >= 4 is 11.6 Å². The third-order valence-corrected chi connectivity index (χ3v) is 2.76. The number of aliphatic hydroxyl groups is 1. The van der Waals surface area contributed by atoms with E-state index < -0.39 is 5.54 Å². The number of nitrogen functional groups attached to an aromatic ring is 1. The van der Waals surface area contributed by atoms with Crippen LogP contribution in [0.5, 0.6) is 0 Å². The SMILES string of the molecule is CCC(C)(CO)NC(=O)Cc1ccc(N)cn1. The second kappa shape index (κ2) is 5.63. The van der Waals surface area contributed by atoms with E-state index in [9.17, 15) is 9.90 Å². The Morgan fingerprint density at radius 2 is 2.29 bits per heavy atom. The van der Waals surface area contributed by atoms with Crippen LogP contribution in [0.25, 0.3) is 0 Å².